The van der Waals surface area contributed by atoms with Gasteiger partial charge in [-0.25, -0.2) is 0 Å². The molecule has 1 saturated heterocycles. The molecule has 3 aliphatic carbocycles. The number of fused-ring (bicyclic) bond motifs is 3. The number of amides is 2. The van der Waals surface area contributed by atoms with Gasteiger partial charge in [-0.05, 0) is 84.7 Å². The van der Waals surface area contributed by atoms with Gasteiger partial charge in [0.1, 0.15) is 5.75 Å². The van der Waals surface area contributed by atoms with Crippen LogP contribution >= 0.6 is 22.6 Å². The predicted molar refractivity (Wildman–Crippen MR) is 141 cm³/mol. The Morgan fingerprint density at radius 2 is 1.67 bits per heavy atom. The molecule has 36 heavy (non-hydrogen) atoms. The fourth-order valence-corrected chi connectivity index (χ4v) is 6.67. The molecule has 6 nitrogen and oxygen atoms in total. The number of halogens is 1. The van der Waals surface area contributed by atoms with E-state index in [1.807, 2.05) is 18.2 Å². The van der Waals surface area contributed by atoms with E-state index in [-0.39, 0.29) is 35.6 Å². The number of aromatic hydroxyl groups is 1. The van der Waals surface area contributed by atoms with Crippen LogP contribution in [0.2, 0.25) is 0 Å². The highest BCUT2D eigenvalue weighted by Crippen LogP contribution is 2.56. The second kappa shape index (κ2) is 8.37. The summed E-state index contributed by atoms with van der Waals surface area (Å²) < 4.78 is 0.998. The topological polar surface area (TPSA) is 91.8 Å². The lowest BCUT2D eigenvalue weighted by molar-refractivity contribution is -0.123. The summed E-state index contributed by atoms with van der Waals surface area (Å²) in [5, 5.41) is 10.8. The molecule has 4 unspecified atom stereocenters. The molecule has 0 bridgehead atoms. The molecule has 1 aliphatic heterocycles. The van der Waals surface area contributed by atoms with Gasteiger partial charge in [0.05, 0.1) is 17.5 Å². The molecule has 1 N–H and O–H groups in total. The number of allylic oxidation sites excluding steroid dienone is 6. The van der Waals surface area contributed by atoms with E-state index < -0.39 is 23.7 Å². The number of hydrogen-bond donors (Lipinski definition) is 1. The van der Waals surface area contributed by atoms with Crippen molar-refractivity contribution >= 4 is 51.7 Å². The van der Waals surface area contributed by atoms with Crippen LogP contribution in [0.4, 0.5) is 5.69 Å². The molecule has 0 aromatic heterocycles. The Hall–Kier alpha value is -3.33. The number of phenols is 1. The van der Waals surface area contributed by atoms with Crippen LogP contribution in [0.5, 0.6) is 5.75 Å². The highest BCUT2D eigenvalue weighted by molar-refractivity contribution is 14.1. The van der Waals surface area contributed by atoms with Crippen LogP contribution < -0.4 is 4.90 Å². The maximum absolute atomic E-state index is 13.8. The summed E-state index contributed by atoms with van der Waals surface area (Å²) in [7, 11) is 0. The van der Waals surface area contributed by atoms with Gasteiger partial charge in [-0.2, -0.15) is 0 Å². The first-order valence-corrected chi connectivity index (χ1v) is 13.0. The smallest absolute Gasteiger partial charge is 0.238 e. The van der Waals surface area contributed by atoms with Gasteiger partial charge in [-0.3, -0.25) is 24.1 Å². The Balaban J connectivity index is 1.49. The molecule has 1 fully saturated rings. The molecule has 2 aromatic rings. The summed E-state index contributed by atoms with van der Waals surface area (Å²) in [6, 6.07) is 14.1. The number of Topliss-reactive ketones (excluding diaryl/α,β-unsaturated/α-hetero) is 1. The first kappa shape index (κ1) is 23.1. The first-order chi connectivity index (χ1) is 17.3. The number of carbonyl (C=O) groups excluding carboxylic acids is 4. The summed E-state index contributed by atoms with van der Waals surface area (Å²) in [6.07, 6.45) is 3.91. The van der Waals surface area contributed by atoms with Gasteiger partial charge in [0.25, 0.3) is 0 Å². The van der Waals surface area contributed by atoms with Crippen molar-refractivity contribution in [2.45, 2.75) is 25.7 Å². The monoisotopic (exact) mass is 591 g/mol. The highest BCUT2D eigenvalue weighted by Gasteiger charge is 2.56. The van der Waals surface area contributed by atoms with Gasteiger partial charge < -0.3 is 5.11 Å². The van der Waals surface area contributed by atoms with E-state index in [2.05, 4.69) is 22.6 Å². The molecule has 2 amide bonds. The zero-order valence-corrected chi connectivity index (χ0v) is 21.6. The lowest BCUT2D eigenvalue weighted by atomic mass is 9.59. The summed E-state index contributed by atoms with van der Waals surface area (Å²) >= 11 is 2.17. The molecule has 4 atom stereocenters. The van der Waals surface area contributed by atoms with Crippen LogP contribution in [0.1, 0.15) is 31.2 Å². The van der Waals surface area contributed by atoms with Gasteiger partial charge in [-0.1, -0.05) is 29.8 Å². The third-order valence-corrected chi connectivity index (χ3v) is 8.61. The number of para-hydroxylation sites is 1. The number of imide groups is 1. The van der Waals surface area contributed by atoms with E-state index in [1.165, 1.54) is 11.0 Å². The normalized spacial score (nSPS) is 27.4. The Labute approximate surface area is 221 Å². The van der Waals surface area contributed by atoms with Gasteiger partial charge in [0, 0.05) is 31.8 Å². The zero-order valence-electron chi connectivity index (χ0n) is 19.4. The van der Waals surface area contributed by atoms with E-state index >= 15 is 0 Å². The number of ketones is 2. The number of carbonyl (C=O) groups is 4. The van der Waals surface area contributed by atoms with Crippen LogP contribution in [0.25, 0.3) is 0 Å². The molecule has 0 saturated carbocycles. The fraction of sp³-hybridized carbons (Fsp3) is 0.241. The third kappa shape index (κ3) is 3.28. The Bertz CT molecular complexity index is 1460. The fourth-order valence-electron chi connectivity index (χ4n) is 6.31. The van der Waals surface area contributed by atoms with Gasteiger partial charge in [0.2, 0.25) is 11.8 Å². The maximum Gasteiger partial charge on any atom is 0.238 e. The second-order valence-electron chi connectivity index (χ2n) is 9.78. The molecular weight excluding hydrogens is 569 g/mol. The lowest BCUT2D eigenvalue weighted by Crippen LogP contribution is -2.39. The molecular formula is C29H22INO5. The Morgan fingerprint density at radius 3 is 2.39 bits per heavy atom. The van der Waals surface area contributed by atoms with Crippen molar-refractivity contribution in [3.8, 4) is 5.75 Å². The maximum atomic E-state index is 13.8. The second-order valence-corrected chi connectivity index (χ2v) is 11.0. The number of phenolic OH excluding ortho intramolecular Hbond substituents is 1. The number of benzene rings is 2. The highest BCUT2D eigenvalue weighted by atomic mass is 127. The van der Waals surface area contributed by atoms with Crippen LogP contribution in [0.3, 0.4) is 0 Å². The van der Waals surface area contributed by atoms with Gasteiger partial charge in [0.15, 0.2) is 11.6 Å². The largest absolute Gasteiger partial charge is 0.508 e. The van der Waals surface area contributed by atoms with E-state index in [0.29, 0.717) is 34.4 Å². The Morgan fingerprint density at radius 1 is 0.944 bits per heavy atom. The van der Waals surface area contributed by atoms with E-state index in [4.69, 9.17) is 0 Å². The predicted octanol–water partition coefficient (Wildman–Crippen LogP) is 4.63. The summed E-state index contributed by atoms with van der Waals surface area (Å²) in [5.74, 6) is -3.15. The molecule has 4 aliphatic rings. The quantitative estimate of drug-likeness (QED) is 0.238. The van der Waals surface area contributed by atoms with Gasteiger partial charge >= 0.3 is 0 Å². The lowest BCUT2D eigenvalue weighted by Gasteiger charge is -2.42. The number of anilines is 1. The Kier molecular flexibility index (Phi) is 5.37. The van der Waals surface area contributed by atoms with Crippen LogP contribution in [-0.2, 0) is 19.2 Å². The standard InChI is InChI=1S/C29H22INO5/c1-14-12-23(33)26-21(27(14)34)13-20-17(24(26)18-4-2-3-5-22(18)32)10-11-19-25(20)29(36)31(28(19)35)16-8-6-15(30)7-9-16/h2-10,12,19-20,24-25,32H,11,13H2,1H3. The van der Waals surface area contributed by atoms with Crippen molar-refractivity contribution in [1.82, 2.24) is 0 Å². The first-order valence-electron chi connectivity index (χ1n) is 11.9. The number of hydrogen-bond acceptors (Lipinski definition) is 5. The van der Waals surface area contributed by atoms with Crippen molar-refractivity contribution < 1.29 is 24.3 Å². The molecule has 0 radical (unpaired) electrons. The SMILES string of the molecule is CC1=CC(=O)C2=C(CC3C(=CCC4C(=O)N(c5ccc(I)cc5)C(=O)C43)C2c2ccccc2O)C1=O. The third-order valence-electron chi connectivity index (χ3n) is 7.89. The average molecular weight is 591 g/mol. The molecule has 6 rings (SSSR count). The van der Waals surface area contributed by atoms with Crippen LogP contribution in [0.15, 0.2) is 83.0 Å². The van der Waals surface area contributed by atoms with Crippen molar-refractivity contribution in [3.05, 3.63) is 92.1 Å². The number of nitrogens with zero attached hydrogens (tertiary/aromatic N) is 1. The average Bonchev–Trinajstić information content (AvgIpc) is 3.12. The molecule has 7 heteroatoms. The number of rotatable bonds is 2. The van der Waals surface area contributed by atoms with E-state index in [1.54, 1.807) is 43.3 Å². The minimum Gasteiger partial charge on any atom is -0.508 e. The summed E-state index contributed by atoms with van der Waals surface area (Å²) in [6.45, 7) is 1.62. The van der Waals surface area contributed by atoms with Crippen molar-refractivity contribution in [2.75, 3.05) is 4.90 Å². The van der Waals surface area contributed by atoms with E-state index in [9.17, 15) is 24.3 Å². The summed E-state index contributed by atoms with van der Waals surface area (Å²) in [4.78, 5) is 55.1. The molecule has 0 spiro atoms. The molecule has 180 valence electrons. The summed E-state index contributed by atoms with van der Waals surface area (Å²) in [5.41, 5.74) is 3.03. The molecule has 1 heterocycles. The van der Waals surface area contributed by atoms with Crippen LogP contribution in [-0.4, -0.2) is 28.5 Å². The molecule has 2 aromatic carbocycles. The van der Waals surface area contributed by atoms with Gasteiger partial charge in [-0.15, -0.1) is 0 Å². The van der Waals surface area contributed by atoms with E-state index in [0.717, 1.165) is 9.14 Å². The van der Waals surface area contributed by atoms with Crippen LogP contribution in [0, 0.1) is 21.3 Å². The van der Waals surface area contributed by atoms with Crippen molar-refractivity contribution in [1.29, 1.82) is 0 Å². The van der Waals surface area contributed by atoms with Crippen molar-refractivity contribution in [3.63, 3.8) is 0 Å². The zero-order chi connectivity index (χ0) is 25.3. The van der Waals surface area contributed by atoms with Crippen molar-refractivity contribution in [2.24, 2.45) is 17.8 Å². The minimum atomic E-state index is -0.642. The minimum absolute atomic E-state index is 0.0267.